The van der Waals surface area contributed by atoms with Gasteiger partial charge in [-0.2, -0.15) is 0 Å². The molecule has 0 amide bonds. The van der Waals surface area contributed by atoms with E-state index in [2.05, 4.69) is 5.32 Å². The summed E-state index contributed by atoms with van der Waals surface area (Å²) in [5, 5.41) is 3.10. The Morgan fingerprint density at radius 1 is 1.33 bits per heavy atom. The van der Waals surface area contributed by atoms with Gasteiger partial charge in [-0.05, 0) is 25.6 Å². The number of ether oxygens (including phenoxy) is 4. The molecular formula is C15H21NO5. The summed E-state index contributed by atoms with van der Waals surface area (Å²) >= 11 is 0. The van der Waals surface area contributed by atoms with Gasteiger partial charge in [0.05, 0.1) is 13.2 Å². The van der Waals surface area contributed by atoms with E-state index in [1.54, 1.807) is 13.0 Å². The maximum absolute atomic E-state index is 11.8. The van der Waals surface area contributed by atoms with Crippen LogP contribution in [0.5, 0.6) is 17.2 Å². The van der Waals surface area contributed by atoms with Crippen LogP contribution in [0.1, 0.15) is 20.3 Å². The number of benzene rings is 1. The molecule has 1 aliphatic rings. The molecule has 0 saturated heterocycles. The highest BCUT2D eigenvalue weighted by atomic mass is 16.7. The molecule has 0 spiro atoms. The zero-order valence-corrected chi connectivity index (χ0v) is 12.4. The van der Waals surface area contributed by atoms with Gasteiger partial charge in [0.1, 0.15) is 11.8 Å². The van der Waals surface area contributed by atoms with Gasteiger partial charge in [0.25, 0.3) is 0 Å². The molecule has 1 aromatic rings. The first-order valence-electron chi connectivity index (χ1n) is 7.17. The number of hydrogen-bond acceptors (Lipinski definition) is 6. The molecule has 1 aliphatic heterocycles. The van der Waals surface area contributed by atoms with Crippen molar-refractivity contribution in [2.45, 2.75) is 26.3 Å². The highest BCUT2D eigenvalue weighted by molar-refractivity contribution is 5.75. The molecule has 2 rings (SSSR count). The van der Waals surface area contributed by atoms with Crippen LogP contribution < -0.4 is 19.5 Å². The van der Waals surface area contributed by atoms with Gasteiger partial charge in [0.15, 0.2) is 11.5 Å². The lowest BCUT2D eigenvalue weighted by Gasteiger charge is -2.16. The average Bonchev–Trinajstić information content (AvgIpc) is 2.94. The van der Waals surface area contributed by atoms with Gasteiger partial charge in [0.2, 0.25) is 6.79 Å². The van der Waals surface area contributed by atoms with Crippen molar-refractivity contribution in [3.05, 3.63) is 18.2 Å². The SMILES string of the molecule is CCNC(CCOc1ccc2c(c1)OCO2)C(=O)OCC. The fourth-order valence-corrected chi connectivity index (χ4v) is 2.05. The first-order chi connectivity index (χ1) is 10.2. The lowest BCUT2D eigenvalue weighted by molar-refractivity contribution is -0.146. The molecule has 6 heteroatoms. The van der Waals surface area contributed by atoms with Gasteiger partial charge in [-0.3, -0.25) is 4.79 Å². The third-order valence-corrected chi connectivity index (χ3v) is 3.04. The second-order valence-electron chi connectivity index (χ2n) is 4.51. The third-order valence-electron chi connectivity index (χ3n) is 3.04. The Balaban J connectivity index is 1.82. The minimum Gasteiger partial charge on any atom is -0.493 e. The van der Waals surface area contributed by atoms with Gasteiger partial charge >= 0.3 is 5.97 Å². The van der Waals surface area contributed by atoms with Gasteiger partial charge in [-0.25, -0.2) is 0 Å². The van der Waals surface area contributed by atoms with E-state index in [1.165, 1.54) is 0 Å². The van der Waals surface area contributed by atoms with Gasteiger partial charge < -0.3 is 24.3 Å². The molecule has 21 heavy (non-hydrogen) atoms. The van der Waals surface area contributed by atoms with E-state index in [0.29, 0.717) is 37.7 Å². The van der Waals surface area contributed by atoms with Crippen LogP contribution >= 0.6 is 0 Å². The number of fused-ring (bicyclic) bond motifs is 1. The van der Waals surface area contributed by atoms with E-state index < -0.39 is 0 Å². The van der Waals surface area contributed by atoms with Crippen LogP contribution in [-0.2, 0) is 9.53 Å². The fourth-order valence-electron chi connectivity index (χ4n) is 2.05. The topological polar surface area (TPSA) is 66.0 Å². The minimum absolute atomic E-state index is 0.240. The van der Waals surface area contributed by atoms with Crippen molar-refractivity contribution in [3.8, 4) is 17.2 Å². The lowest BCUT2D eigenvalue weighted by atomic mass is 10.2. The zero-order chi connectivity index (χ0) is 15.1. The summed E-state index contributed by atoms with van der Waals surface area (Å²) in [6, 6.07) is 5.07. The average molecular weight is 295 g/mol. The van der Waals surface area contributed by atoms with Crippen molar-refractivity contribution in [2.75, 3.05) is 26.6 Å². The highest BCUT2D eigenvalue weighted by Gasteiger charge is 2.19. The van der Waals surface area contributed by atoms with E-state index in [9.17, 15) is 4.79 Å². The summed E-state index contributed by atoms with van der Waals surface area (Å²) < 4.78 is 21.2. The first kappa shape index (κ1) is 15.4. The van der Waals surface area contributed by atoms with Crippen LogP contribution in [0.2, 0.25) is 0 Å². The number of rotatable bonds is 8. The fraction of sp³-hybridized carbons (Fsp3) is 0.533. The number of nitrogens with one attached hydrogen (secondary N) is 1. The third kappa shape index (κ3) is 4.26. The summed E-state index contributed by atoms with van der Waals surface area (Å²) in [6.07, 6.45) is 0.543. The van der Waals surface area contributed by atoms with Crippen LogP contribution in [-0.4, -0.2) is 38.6 Å². The Kier molecular flexibility index (Phi) is 5.68. The molecule has 116 valence electrons. The van der Waals surface area contributed by atoms with E-state index in [-0.39, 0.29) is 18.8 Å². The highest BCUT2D eigenvalue weighted by Crippen LogP contribution is 2.35. The Labute approximate surface area is 124 Å². The summed E-state index contributed by atoms with van der Waals surface area (Å²) in [6.45, 7) is 5.48. The summed E-state index contributed by atoms with van der Waals surface area (Å²) in [5.41, 5.74) is 0. The second kappa shape index (κ2) is 7.73. The molecule has 6 nitrogen and oxygen atoms in total. The molecule has 0 fully saturated rings. The zero-order valence-electron chi connectivity index (χ0n) is 12.4. The molecule has 1 atom stereocenters. The van der Waals surface area contributed by atoms with E-state index in [1.807, 2.05) is 19.1 Å². The maximum Gasteiger partial charge on any atom is 0.323 e. The molecule has 1 heterocycles. The summed E-state index contributed by atoms with van der Waals surface area (Å²) in [5.74, 6) is 1.85. The Hall–Kier alpha value is -1.95. The van der Waals surface area contributed by atoms with Crippen molar-refractivity contribution < 1.29 is 23.7 Å². The Morgan fingerprint density at radius 3 is 2.90 bits per heavy atom. The van der Waals surface area contributed by atoms with Crippen molar-refractivity contribution in [2.24, 2.45) is 0 Å². The predicted octanol–water partition coefficient (Wildman–Crippen LogP) is 1.73. The molecular weight excluding hydrogens is 274 g/mol. The van der Waals surface area contributed by atoms with Crippen molar-refractivity contribution in [1.82, 2.24) is 5.32 Å². The maximum atomic E-state index is 11.8. The van der Waals surface area contributed by atoms with Crippen molar-refractivity contribution in [3.63, 3.8) is 0 Å². The standard InChI is InChI=1S/C15H21NO5/c1-3-16-12(15(17)18-4-2)7-8-19-11-5-6-13-14(9-11)21-10-20-13/h5-6,9,12,16H,3-4,7-8,10H2,1-2H3. The normalized spacial score (nSPS) is 13.8. The van der Waals surface area contributed by atoms with Crippen molar-refractivity contribution >= 4 is 5.97 Å². The van der Waals surface area contributed by atoms with Gasteiger partial charge in [0, 0.05) is 12.5 Å². The molecule has 1 unspecified atom stereocenters. The van der Waals surface area contributed by atoms with E-state index in [0.717, 1.165) is 5.75 Å². The smallest absolute Gasteiger partial charge is 0.323 e. The minimum atomic E-state index is -0.344. The summed E-state index contributed by atoms with van der Waals surface area (Å²) in [7, 11) is 0. The molecule has 0 saturated carbocycles. The van der Waals surface area contributed by atoms with Crippen molar-refractivity contribution in [1.29, 1.82) is 0 Å². The van der Waals surface area contributed by atoms with E-state index in [4.69, 9.17) is 18.9 Å². The monoisotopic (exact) mass is 295 g/mol. The number of hydrogen-bond donors (Lipinski definition) is 1. The molecule has 0 radical (unpaired) electrons. The largest absolute Gasteiger partial charge is 0.493 e. The van der Waals surface area contributed by atoms with Crippen LogP contribution in [0.25, 0.3) is 0 Å². The quantitative estimate of drug-likeness (QED) is 0.737. The lowest BCUT2D eigenvalue weighted by Crippen LogP contribution is -2.39. The van der Waals surface area contributed by atoms with E-state index >= 15 is 0 Å². The van der Waals surface area contributed by atoms with Crippen LogP contribution in [0, 0.1) is 0 Å². The van der Waals surface area contributed by atoms with Crippen LogP contribution in [0.4, 0.5) is 0 Å². The van der Waals surface area contributed by atoms with Gasteiger partial charge in [-0.15, -0.1) is 0 Å². The Morgan fingerprint density at radius 2 is 2.14 bits per heavy atom. The van der Waals surface area contributed by atoms with Gasteiger partial charge in [-0.1, -0.05) is 6.92 Å². The predicted molar refractivity (Wildman–Crippen MR) is 76.8 cm³/mol. The number of carbonyl (C=O) groups excluding carboxylic acids is 1. The van der Waals surface area contributed by atoms with Crippen LogP contribution in [0.3, 0.4) is 0 Å². The molecule has 0 bridgehead atoms. The molecule has 0 aromatic heterocycles. The number of likely N-dealkylation sites (N-methyl/N-ethyl adjacent to an activating group) is 1. The number of esters is 1. The second-order valence-corrected chi connectivity index (χ2v) is 4.51. The molecule has 1 N–H and O–H groups in total. The molecule has 0 aliphatic carbocycles. The van der Waals surface area contributed by atoms with Crippen LogP contribution in [0.15, 0.2) is 18.2 Å². The molecule has 1 aromatic carbocycles. The first-order valence-corrected chi connectivity index (χ1v) is 7.17. The number of carbonyl (C=O) groups is 1. The summed E-state index contributed by atoms with van der Waals surface area (Å²) in [4.78, 5) is 11.8. The Bertz CT molecular complexity index is 477.